The maximum Gasteiger partial charge on any atom is 0.165 e. The molecule has 0 saturated carbocycles. The van der Waals surface area contributed by atoms with Gasteiger partial charge in [0.25, 0.3) is 0 Å². The van der Waals surface area contributed by atoms with Gasteiger partial charge in [-0.1, -0.05) is 36.4 Å². The summed E-state index contributed by atoms with van der Waals surface area (Å²) >= 11 is 0. The van der Waals surface area contributed by atoms with Crippen molar-refractivity contribution in [3.8, 4) is 0 Å². The Hall–Kier alpha value is -3.48. The molecule has 0 spiro atoms. The van der Waals surface area contributed by atoms with Gasteiger partial charge in [0, 0.05) is 13.2 Å². The van der Waals surface area contributed by atoms with Crippen LogP contribution in [0.25, 0.3) is 16.7 Å². The maximum atomic E-state index is 4.82. The standard InChI is InChI=1S/C22H23N7/c1-28-15-23-19-21(26-20(27-22(19)28)17-10-6-3-7-11-17)25-18-12-24-29(14-18)13-16-8-4-2-5-9-16/h2,4-5,8-10,12,14-15H,3,6-7,11,13H2,1H3,(H,25,26,27). The van der Waals surface area contributed by atoms with Crippen molar-refractivity contribution >= 4 is 28.2 Å². The van der Waals surface area contributed by atoms with Gasteiger partial charge in [0.05, 0.1) is 24.8 Å². The van der Waals surface area contributed by atoms with Crippen LogP contribution in [0.1, 0.15) is 37.1 Å². The minimum atomic E-state index is 0.719. The highest BCUT2D eigenvalue weighted by atomic mass is 15.3. The van der Waals surface area contributed by atoms with Crippen LogP contribution in [0, 0.1) is 0 Å². The van der Waals surface area contributed by atoms with Crippen LogP contribution in [0.3, 0.4) is 0 Å². The predicted molar refractivity (Wildman–Crippen MR) is 114 cm³/mol. The number of fused-ring (bicyclic) bond motifs is 1. The molecule has 4 aromatic rings. The first-order chi connectivity index (χ1) is 14.3. The fourth-order valence-electron chi connectivity index (χ4n) is 3.70. The monoisotopic (exact) mass is 385 g/mol. The molecule has 0 bridgehead atoms. The van der Waals surface area contributed by atoms with E-state index in [0.29, 0.717) is 0 Å². The van der Waals surface area contributed by atoms with Crippen molar-refractivity contribution in [2.24, 2.45) is 7.05 Å². The van der Waals surface area contributed by atoms with E-state index in [1.54, 1.807) is 6.33 Å². The predicted octanol–water partition coefficient (Wildman–Crippen LogP) is 4.31. The summed E-state index contributed by atoms with van der Waals surface area (Å²) in [7, 11) is 1.96. The lowest BCUT2D eigenvalue weighted by Crippen LogP contribution is -2.04. The Morgan fingerprint density at radius 1 is 1.10 bits per heavy atom. The van der Waals surface area contributed by atoms with Gasteiger partial charge in [-0.2, -0.15) is 5.10 Å². The Labute approximate surface area is 169 Å². The smallest absolute Gasteiger partial charge is 0.165 e. The Balaban J connectivity index is 1.46. The van der Waals surface area contributed by atoms with Gasteiger partial charge >= 0.3 is 0 Å². The summed E-state index contributed by atoms with van der Waals surface area (Å²) in [5, 5.41) is 7.89. The number of nitrogens with one attached hydrogen (secondary N) is 1. The van der Waals surface area contributed by atoms with E-state index in [1.807, 2.05) is 46.9 Å². The number of benzene rings is 1. The number of allylic oxidation sites excluding steroid dienone is 2. The van der Waals surface area contributed by atoms with Crippen molar-refractivity contribution in [1.82, 2.24) is 29.3 Å². The number of hydrogen-bond acceptors (Lipinski definition) is 5. The maximum absolute atomic E-state index is 4.82. The number of nitrogens with zero attached hydrogens (tertiary/aromatic N) is 6. The molecule has 0 aliphatic heterocycles. The van der Waals surface area contributed by atoms with E-state index < -0.39 is 0 Å². The molecule has 146 valence electrons. The molecule has 0 fully saturated rings. The second-order valence-corrected chi connectivity index (χ2v) is 7.44. The first-order valence-electron chi connectivity index (χ1n) is 9.98. The third-order valence-electron chi connectivity index (χ3n) is 5.22. The highest BCUT2D eigenvalue weighted by molar-refractivity contribution is 5.86. The highest BCUT2D eigenvalue weighted by Crippen LogP contribution is 2.29. The van der Waals surface area contributed by atoms with Crippen molar-refractivity contribution < 1.29 is 0 Å². The minimum Gasteiger partial charge on any atom is -0.336 e. The molecule has 0 radical (unpaired) electrons. The first kappa shape index (κ1) is 17.6. The molecule has 29 heavy (non-hydrogen) atoms. The molecular formula is C22H23N7. The van der Waals surface area contributed by atoms with Gasteiger partial charge in [-0.3, -0.25) is 4.68 Å². The summed E-state index contributed by atoms with van der Waals surface area (Å²) < 4.78 is 3.85. The van der Waals surface area contributed by atoms with Crippen LogP contribution < -0.4 is 5.32 Å². The Morgan fingerprint density at radius 3 is 2.83 bits per heavy atom. The van der Waals surface area contributed by atoms with Gasteiger partial charge in [-0.15, -0.1) is 0 Å². The van der Waals surface area contributed by atoms with Crippen LogP contribution in [0.4, 0.5) is 11.5 Å². The quantitative estimate of drug-likeness (QED) is 0.554. The van der Waals surface area contributed by atoms with E-state index in [-0.39, 0.29) is 0 Å². The Kier molecular flexibility index (Phi) is 4.56. The van der Waals surface area contributed by atoms with Crippen LogP contribution in [-0.2, 0) is 13.6 Å². The van der Waals surface area contributed by atoms with Crippen molar-refractivity contribution in [1.29, 1.82) is 0 Å². The molecule has 7 nitrogen and oxygen atoms in total. The van der Waals surface area contributed by atoms with Gasteiger partial charge in [-0.25, -0.2) is 15.0 Å². The van der Waals surface area contributed by atoms with E-state index in [0.717, 1.165) is 47.9 Å². The van der Waals surface area contributed by atoms with Gasteiger partial charge in [0.15, 0.2) is 22.8 Å². The second-order valence-electron chi connectivity index (χ2n) is 7.44. The van der Waals surface area contributed by atoms with Crippen molar-refractivity contribution in [3.05, 3.63) is 66.5 Å². The normalized spacial score (nSPS) is 14.2. The molecule has 0 unspecified atom stereocenters. The lowest BCUT2D eigenvalue weighted by molar-refractivity contribution is 0.687. The van der Waals surface area contributed by atoms with Gasteiger partial charge in [-0.05, 0) is 36.8 Å². The Morgan fingerprint density at radius 2 is 2.00 bits per heavy atom. The van der Waals surface area contributed by atoms with E-state index in [9.17, 15) is 0 Å². The fraction of sp³-hybridized carbons (Fsp3) is 0.273. The molecule has 1 aromatic carbocycles. The lowest BCUT2D eigenvalue weighted by Gasteiger charge is -2.13. The zero-order valence-electron chi connectivity index (χ0n) is 16.4. The van der Waals surface area contributed by atoms with Crippen LogP contribution in [-0.4, -0.2) is 29.3 Å². The summed E-state index contributed by atoms with van der Waals surface area (Å²) in [6.45, 7) is 0.726. The number of aromatic nitrogens is 6. The van der Waals surface area contributed by atoms with Gasteiger partial charge < -0.3 is 9.88 Å². The second kappa shape index (κ2) is 7.50. The zero-order valence-corrected chi connectivity index (χ0v) is 16.4. The van der Waals surface area contributed by atoms with E-state index in [4.69, 9.17) is 9.97 Å². The molecule has 0 saturated heterocycles. The number of imidazole rings is 1. The lowest BCUT2D eigenvalue weighted by atomic mass is 9.99. The number of anilines is 2. The average Bonchev–Trinajstić information content (AvgIpc) is 3.36. The summed E-state index contributed by atoms with van der Waals surface area (Å²) in [5.41, 5.74) is 4.92. The van der Waals surface area contributed by atoms with Crippen molar-refractivity contribution in [2.45, 2.75) is 32.2 Å². The van der Waals surface area contributed by atoms with Crippen LogP contribution in [0.15, 0.2) is 55.1 Å². The summed E-state index contributed by atoms with van der Waals surface area (Å²) in [5.74, 6) is 1.51. The number of rotatable bonds is 5. The number of aryl methyl sites for hydroxylation is 1. The largest absolute Gasteiger partial charge is 0.336 e. The highest BCUT2D eigenvalue weighted by Gasteiger charge is 2.16. The number of hydrogen-bond donors (Lipinski definition) is 1. The molecule has 1 N–H and O–H groups in total. The fourth-order valence-corrected chi connectivity index (χ4v) is 3.70. The molecule has 1 aliphatic carbocycles. The van der Waals surface area contributed by atoms with Crippen LogP contribution in [0.2, 0.25) is 0 Å². The molecule has 0 atom stereocenters. The first-order valence-corrected chi connectivity index (χ1v) is 9.98. The molecule has 1 aliphatic rings. The average molecular weight is 385 g/mol. The minimum absolute atomic E-state index is 0.719. The van der Waals surface area contributed by atoms with E-state index in [1.165, 1.54) is 24.0 Å². The molecular weight excluding hydrogens is 362 g/mol. The molecule has 7 heteroatoms. The van der Waals surface area contributed by atoms with Crippen molar-refractivity contribution in [2.75, 3.05) is 5.32 Å². The van der Waals surface area contributed by atoms with Gasteiger partial charge in [0.2, 0.25) is 0 Å². The molecule has 0 amide bonds. The summed E-state index contributed by atoms with van der Waals surface area (Å²) in [6, 6.07) is 10.3. The summed E-state index contributed by atoms with van der Waals surface area (Å²) in [6.07, 6.45) is 12.4. The molecule has 3 heterocycles. The molecule has 3 aromatic heterocycles. The SMILES string of the molecule is Cn1cnc2c(Nc3cnn(Cc4ccccc4)c3)nc(C3=CCCCC3)nc21. The van der Waals surface area contributed by atoms with E-state index in [2.05, 4.69) is 33.6 Å². The van der Waals surface area contributed by atoms with Crippen LogP contribution >= 0.6 is 0 Å². The summed E-state index contributed by atoms with van der Waals surface area (Å²) in [4.78, 5) is 14.1. The third-order valence-corrected chi connectivity index (χ3v) is 5.22. The third kappa shape index (κ3) is 3.63. The van der Waals surface area contributed by atoms with Crippen molar-refractivity contribution in [3.63, 3.8) is 0 Å². The Bertz CT molecular complexity index is 1170. The van der Waals surface area contributed by atoms with Crippen LogP contribution in [0.5, 0.6) is 0 Å². The van der Waals surface area contributed by atoms with E-state index >= 15 is 0 Å². The topological polar surface area (TPSA) is 73.5 Å². The molecule has 5 rings (SSSR count). The zero-order chi connectivity index (χ0) is 19.6. The van der Waals surface area contributed by atoms with Gasteiger partial charge in [0.1, 0.15) is 0 Å².